The monoisotopic (exact) mass is 210 g/mol. The molecule has 1 aromatic carbocycles. The number of fused-ring (bicyclic) bond motifs is 10. The van der Waals surface area contributed by atoms with Crippen LogP contribution >= 0.6 is 0 Å². The normalized spacial score (nSPS) is 39.5. The minimum atomic E-state index is 0.188. The number of hydrogen-bond donors (Lipinski definition) is 0. The van der Waals surface area contributed by atoms with E-state index in [1.807, 2.05) is 0 Å². The molecule has 2 heteroatoms. The first kappa shape index (κ1) is 7.82. The predicted molar refractivity (Wildman–Crippen MR) is 57.9 cm³/mol. The fraction of sp³-hybridized carbons (Fsp3) is 0.286. The van der Waals surface area contributed by atoms with Gasteiger partial charge in [-0.2, -0.15) is 0 Å². The molecule has 0 spiro atoms. The molecule has 0 aliphatic carbocycles. The summed E-state index contributed by atoms with van der Waals surface area (Å²) in [5, 5.41) is 0. The summed E-state index contributed by atoms with van der Waals surface area (Å²) in [7, 11) is 0. The Kier molecular flexibility index (Phi) is 1.13. The van der Waals surface area contributed by atoms with Gasteiger partial charge in [0.25, 0.3) is 0 Å². The molecule has 5 rings (SSSR count). The second-order valence-electron chi connectivity index (χ2n) is 4.83. The first-order valence-electron chi connectivity index (χ1n) is 5.75. The van der Waals surface area contributed by atoms with E-state index < -0.39 is 0 Å². The maximum absolute atomic E-state index is 5.84. The average molecular weight is 210 g/mol. The molecule has 0 amide bonds. The topological polar surface area (TPSA) is 18.5 Å². The SMILES string of the molecule is C1=C[C@H]2O[C@@H]1c1cc3c(cc12)[C@H]1C=C[C@@H]3O1. The number of rotatable bonds is 0. The smallest absolute Gasteiger partial charge is 0.102 e. The van der Waals surface area contributed by atoms with Crippen LogP contribution in [0.5, 0.6) is 0 Å². The van der Waals surface area contributed by atoms with Crippen LogP contribution in [0.2, 0.25) is 0 Å². The van der Waals surface area contributed by atoms with Gasteiger partial charge < -0.3 is 9.47 Å². The minimum absolute atomic E-state index is 0.188. The van der Waals surface area contributed by atoms with E-state index in [9.17, 15) is 0 Å². The van der Waals surface area contributed by atoms with E-state index in [0.717, 1.165) is 0 Å². The third kappa shape index (κ3) is 0.721. The van der Waals surface area contributed by atoms with E-state index in [4.69, 9.17) is 9.47 Å². The predicted octanol–water partition coefficient (Wildman–Crippen LogP) is 3.05. The quantitative estimate of drug-likeness (QED) is 0.613. The van der Waals surface area contributed by atoms with E-state index in [1.54, 1.807) is 0 Å². The Morgan fingerprint density at radius 3 is 1.19 bits per heavy atom. The Bertz CT molecular complexity index is 476. The van der Waals surface area contributed by atoms with Crippen molar-refractivity contribution in [3.63, 3.8) is 0 Å². The van der Waals surface area contributed by atoms with Crippen molar-refractivity contribution in [3.05, 3.63) is 58.7 Å². The molecule has 0 saturated carbocycles. The van der Waals surface area contributed by atoms with Gasteiger partial charge >= 0.3 is 0 Å². The second kappa shape index (κ2) is 2.31. The molecule has 0 N–H and O–H groups in total. The molecule has 0 radical (unpaired) electrons. The molecular formula is C14H10O2. The molecule has 0 aromatic heterocycles. The largest absolute Gasteiger partial charge is 0.357 e. The van der Waals surface area contributed by atoms with Crippen LogP contribution in [0.15, 0.2) is 36.4 Å². The number of hydrogen-bond acceptors (Lipinski definition) is 2. The van der Waals surface area contributed by atoms with E-state index in [-0.39, 0.29) is 24.4 Å². The standard InChI is InChI=1S/C14H10O2/c1-2-12-8-6-10-9(5-7(8)11(1)15-12)13-3-4-14(10)16-13/h1-6,11-14H/t11-,12+,13-,14+. The molecule has 4 bridgehead atoms. The van der Waals surface area contributed by atoms with E-state index >= 15 is 0 Å². The molecule has 4 aliphatic rings. The lowest BCUT2D eigenvalue weighted by Gasteiger charge is -2.13. The Balaban J connectivity index is 1.80. The van der Waals surface area contributed by atoms with Crippen LogP contribution < -0.4 is 0 Å². The third-order valence-electron chi connectivity index (χ3n) is 4.02. The Morgan fingerprint density at radius 2 is 0.875 bits per heavy atom. The lowest BCUT2D eigenvalue weighted by molar-refractivity contribution is 0.0840. The summed E-state index contributed by atoms with van der Waals surface area (Å²) in [6.45, 7) is 0. The van der Waals surface area contributed by atoms with Gasteiger partial charge in [-0.3, -0.25) is 0 Å². The molecule has 0 saturated heterocycles. The van der Waals surface area contributed by atoms with Gasteiger partial charge in [0.1, 0.15) is 24.4 Å². The minimum Gasteiger partial charge on any atom is -0.357 e. The summed E-state index contributed by atoms with van der Waals surface area (Å²) in [5.41, 5.74) is 5.37. The average Bonchev–Trinajstić information content (AvgIpc) is 3.07. The van der Waals surface area contributed by atoms with Crippen LogP contribution in [0.4, 0.5) is 0 Å². The molecule has 1 aromatic rings. The van der Waals surface area contributed by atoms with Crippen molar-refractivity contribution in [1.29, 1.82) is 0 Å². The van der Waals surface area contributed by atoms with Crippen LogP contribution in [0, 0.1) is 0 Å². The highest BCUT2D eigenvalue weighted by Gasteiger charge is 2.40. The fourth-order valence-corrected chi connectivity index (χ4v) is 3.26. The highest BCUT2D eigenvalue weighted by atomic mass is 16.5. The molecule has 0 unspecified atom stereocenters. The summed E-state index contributed by atoms with van der Waals surface area (Å²) in [5.74, 6) is 0. The van der Waals surface area contributed by atoms with Crippen LogP contribution in [-0.2, 0) is 9.47 Å². The molecule has 4 aliphatic heterocycles. The van der Waals surface area contributed by atoms with Crippen molar-refractivity contribution in [1.82, 2.24) is 0 Å². The van der Waals surface area contributed by atoms with Crippen LogP contribution in [0.25, 0.3) is 0 Å². The molecule has 78 valence electrons. The highest BCUT2D eigenvalue weighted by molar-refractivity contribution is 5.53. The molecule has 2 nitrogen and oxygen atoms in total. The van der Waals surface area contributed by atoms with Gasteiger partial charge in [-0.1, -0.05) is 24.3 Å². The summed E-state index contributed by atoms with van der Waals surface area (Å²) < 4.78 is 11.7. The highest BCUT2D eigenvalue weighted by Crippen LogP contribution is 2.52. The first-order valence-corrected chi connectivity index (χ1v) is 5.75. The van der Waals surface area contributed by atoms with Crippen molar-refractivity contribution in [2.24, 2.45) is 0 Å². The molecule has 4 heterocycles. The van der Waals surface area contributed by atoms with Gasteiger partial charge in [0.15, 0.2) is 0 Å². The van der Waals surface area contributed by atoms with Crippen LogP contribution in [-0.4, -0.2) is 0 Å². The maximum Gasteiger partial charge on any atom is 0.102 e. The first-order chi connectivity index (χ1) is 7.90. The molecule has 16 heavy (non-hydrogen) atoms. The second-order valence-corrected chi connectivity index (χ2v) is 4.83. The van der Waals surface area contributed by atoms with Gasteiger partial charge in [-0.15, -0.1) is 0 Å². The summed E-state index contributed by atoms with van der Waals surface area (Å²) in [6.07, 6.45) is 9.38. The lowest BCUT2D eigenvalue weighted by atomic mass is 9.88. The third-order valence-corrected chi connectivity index (χ3v) is 4.02. The summed E-state index contributed by atoms with van der Waals surface area (Å²) in [4.78, 5) is 0. The van der Waals surface area contributed by atoms with E-state index in [1.165, 1.54) is 22.3 Å². The van der Waals surface area contributed by atoms with Crippen molar-refractivity contribution in [3.8, 4) is 0 Å². The fourth-order valence-electron chi connectivity index (χ4n) is 3.26. The van der Waals surface area contributed by atoms with Gasteiger partial charge in [0.05, 0.1) is 0 Å². The number of ether oxygens (including phenoxy) is 2. The van der Waals surface area contributed by atoms with E-state index in [2.05, 4.69) is 36.4 Å². The molecule has 0 fully saturated rings. The van der Waals surface area contributed by atoms with Gasteiger partial charge in [0, 0.05) is 0 Å². The Hall–Kier alpha value is -1.38. The Morgan fingerprint density at radius 1 is 0.562 bits per heavy atom. The van der Waals surface area contributed by atoms with Crippen molar-refractivity contribution >= 4 is 0 Å². The van der Waals surface area contributed by atoms with Crippen LogP contribution in [0.3, 0.4) is 0 Å². The zero-order valence-corrected chi connectivity index (χ0v) is 8.59. The van der Waals surface area contributed by atoms with Crippen molar-refractivity contribution in [2.75, 3.05) is 0 Å². The zero-order chi connectivity index (χ0) is 10.3. The molecular weight excluding hydrogens is 200 g/mol. The molecule has 4 atom stereocenters. The summed E-state index contributed by atoms with van der Waals surface area (Å²) >= 11 is 0. The van der Waals surface area contributed by atoms with Crippen LogP contribution in [0.1, 0.15) is 46.7 Å². The number of benzene rings is 1. The van der Waals surface area contributed by atoms with Crippen molar-refractivity contribution in [2.45, 2.75) is 24.4 Å². The van der Waals surface area contributed by atoms with Crippen molar-refractivity contribution < 1.29 is 9.47 Å². The lowest BCUT2D eigenvalue weighted by Crippen LogP contribution is -2.00. The summed E-state index contributed by atoms with van der Waals surface area (Å²) in [6, 6.07) is 4.57. The maximum atomic E-state index is 5.84. The van der Waals surface area contributed by atoms with Gasteiger partial charge in [-0.05, 0) is 34.4 Å². The zero-order valence-electron chi connectivity index (χ0n) is 8.59. The van der Waals surface area contributed by atoms with Gasteiger partial charge in [-0.25, -0.2) is 0 Å². The van der Waals surface area contributed by atoms with Gasteiger partial charge in [0.2, 0.25) is 0 Å². The Labute approximate surface area is 93.2 Å². The van der Waals surface area contributed by atoms with E-state index in [0.29, 0.717) is 0 Å².